The molecule has 11 heteroatoms. The molecule has 0 saturated heterocycles. The van der Waals surface area contributed by atoms with E-state index in [9.17, 15) is 14.4 Å². The minimum absolute atomic E-state index is 0.0888. The first-order valence-electron chi connectivity index (χ1n) is 7.81. The van der Waals surface area contributed by atoms with Crippen molar-refractivity contribution in [2.24, 2.45) is 0 Å². The van der Waals surface area contributed by atoms with Crippen LogP contribution < -0.4 is 0 Å². The van der Waals surface area contributed by atoms with Crippen LogP contribution >= 0.6 is 34.5 Å². The van der Waals surface area contributed by atoms with Crippen LogP contribution in [0.3, 0.4) is 0 Å². The molecule has 0 saturated carbocycles. The van der Waals surface area contributed by atoms with E-state index in [1.54, 1.807) is 0 Å². The summed E-state index contributed by atoms with van der Waals surface area (Å²) >= 11 is 13.2. The van der Waals surface area contributed by atoms with Crippen LogP contribution in [0.5, 0.6) is 0 Å². The van der Waals surface area contributed by atoms with Crippen molar-refractivity contribution < 1.29 is 23.6 Å². The Morgan fingerprint density at radius 1 is 1.18 bits per heavy atom. The van der Waals surface area contributed by atoms with Crippen molar-refractivity contribution in [2.75, 3.05) is 6.54 Å². The van der Waals surface area contributed by atoms with E-state index in [0.29, 0.717) is 5.89 Å². The largest absolute Gasteiger partial charge is 0.456 e. The number of rotatable bonds is 5. The van der Waals surface area contributed by atoms with Crippen LogP contribution in [0.25, 0.3) is 10.8 Å². The van der Waals surface area contributed by atoms with Crippen molar-refractivity contribution in [3.8, 4) is 10.8 Å². The molecule has 0 unspecified atom stereocenters. The van der Waals surface area contributed by atoms with Gasteiger partial charge in [-0.3, -0.25) is 19.3 Å². The molecule has 1 aliphatic heterocycles. The number of ether oxygens (including phenoxy) is 1. The lowest BCUT2D eigenvalue weighted by atomic mass is 10.1. The fourth-order valence-corrected chi connectivity index (χ4v) is 3.53. The SMILES string of the molecule is O=C(CN1C(=O)c2cc(Cl)c(Cl)cc2C1=O)OCc1noc(-c2cccs2)n1. The first kappa shape index (κ1) is 18.6. The van der Waals surface area contributed by atoms with Gasteiger partial charge in [0.1, 0.15) is 6.54 Å². The predicted octanol–water partition coefficient (Wildman–Crippen LogP) is 3.44. The number of nitrogens with zero attached hydrogens (tertiary/aromatic N) is 3. The zero-order valence-corrected chi connectivity index (χ0v) is 16.2. The molecule has 0 fully saturated rings. The molecule has 0 bridgehead atoms. The second-order valence-electron chi connectivity index (χ2n) is 5.66. The van der Waals surface area contributed by atoms with Crippen LogP contribution in [0.4, 0.5) is 0 Å². The summed E-state index contributed by atoms with van der Waals surface area (Å²) in [5.41, 5.74) is 0.178. The van der Waals surface area contributed by atoms with Gasteiger partial charge in [-0.15, -0.1) is 11.3 Å². The number of hydrogen-bond acceptors (Lipinski definition) is 8. The van der Waals surface area contributed by atoms with Crippen molar-refractivity contribution >= 4 is 52.3 Å². The van der Waals surface area contributed by atoms with Crippen molar-refractivity contribution in [1.29, 1.82) is 0 Å². The van der Waals surface area contributed by atoms with E-state index in [0.717, 1.165) is 9.78 Å². The minimum atomic E-state index is -0.797. The summed E-state index contributed by atoms with van der Waals surface area (Å²) in [6.45, 7) is -0.814. The summed E-state index contributed by atoms with van der Waals surface area (Å²) < 4.78 is 10.1. The summed E-state index contributed by atoms with van der Waals surface area (Å²) in [5.74, 6) is -1.60. The zero-order chi connectivity index (χ0) is 19.8. The molecule has 0 spiro atoms. The number of fused-ring (bicyclic) bond motifs is 1. The topological polar surface area (TPSA) is 103 Å². The molecule has 2 aromatic heterocycles. The summed E-state index contributed by atoms with van der Waals surface area (Å²) in [6.07, 6.45) is 0. The lowest BCUT2D eigenvalue weighted by Gasteiger charge is -2.12. The fraction of sp³-hybridized carbons (Fsp3) is 0.118. The van der Waals surface area contributed by atoms with Gasteiger partial charge in [-0.1, -0.05) is 34.4 Å². The van der Waals surface area contributed by atoms with Gasteiger partial charge in [0, 0.05) is 0 Å². The maximum atomic E-state index is 12.4. The Kier molecular flexibility index (Phi) is 4.88. The Morgan fingerprint density at radius 2 is 1.86 bits per heavy atom. The number of amides is 2. The van der Waals surface area contributed by atoms with E-state index in [2.05, 4.69) is 10.1 Å². The summed E-state index contributed by atoms with van der Waals surface area (Å²) in [6, 6.07) is 6.26. The molecule has 0 atom stereocenters. The van der Waals surface area contributed by atoms with E-state index in [1.165, 1.54) is 23.5 Å². The van der Waals surface area contributed by atoms with Crippen LogP contribution in [-0.4, -0.2) is 39.4 Å². The van der Waals surface area contributed by atoms with Crippen molar-refractivity contribution in [3.63, 3.8) is 0 Å². The number of hydrogen-bond donors (Lipinski definition) is 0. The number of halogens is 2. The third-order valence-corrected chi connectivity index (χ3v) is 5.44. The highest BCUT2D eigenvalue weighted by molar-refractivity contribution is 7.13. The number of carbonyl (C=O) groups is 3. The van der Waals surface area contributed by atoms with Gasteiger partial charge < -0.3 is 9.26 Å². The highest BCUT2D eigenvalue weighted by Gasteiger charge is 2.37. The minimum Gasteiger partial charge on any atom is -0.456 e. The van der Waals surface area contributed by atoms with Gasteiger partial charge in [0.15, 0.2) is 6.61 Å². The van der Waals surface area contributed by atoms with Gasteiger partial charge >= 0.3 is 5.97 Å². The molecule has 0 radical (unpaired) electrons. The molecule has 0 aliphatic carbocycles. The summed E-state index contributed by atoms with van der Waals surface area (Å²) in [4.78, 5) is 42.5. The average Bonchev–Trinajstić information content (AvgIpc) is 3.39. The molecule has 2 amide bonds. The van der Waals surface area contributed by atoms with Gasteiger partial charge in [-0.2, -0.15) is 4.98 Å². The van der Waals surface area contributed by atoms with Crippen LogP contribution in [0.1, 0.15) is 26.5 Å². The number of esters is 1. The zero-order valence-electron chi connectivity index (χ0n) is 13.8. The monoisotopic (exact) mass is 437 g/mol. The van der Waals surface area contributed by atoms with E-state index in [1.807, 2.05) is 17.5 Å². The quantitative estimate of drug-likeness (QED) is 0.444. The van der Waals surface area contributed by atoms with E-state index in [-0.39, 0.29) is 33.6 Å². The average molecular weight is 438 g/mol. The molecular formula is C17H9Cl2N3O5S. The Morgan fingerprint density at radius 3 is 2.46 bits per heavy atom. The highest BCUT2D eigenvalue weighted by Crippen LogP contribution is 2.31. The predicted molar refractivity (Wildman–Crippen MR) is 99.2 cm³/mol. The second kappa shape index (κ2) is 7.34. The molecule has 142 valence electrons. The first-order valence-corrected chi connectivity index (χ1v) is 9.45. The van der Waals surface area contributed by atoms with Gasteiger partial charge in [-0.25, -0.2) is 0 Å². The maximum Gasteiger partial charge on any atom is 0.326 e. The third-order valence-electron chi connectivity index (χ3n) is 3.86. The smallest absolute Gasteiger partial charge is 0.326 e. The molecule has 0 N–H and O–H groups in total. The molecule has 4 rings (SSSR count). The molecule has 8 nitrogen and oxygen atoms in total. The third kappa shape index (κ3) is 3.39. The molecule has 28 heavy (non-hydrogen) atoms. The number of carbonyl (C=O) groups excluding carboxylic acids is 3. The summed E-state index contributed by atoms with van der Waals surface area (Å²) in [7, 11) is 0. The fourth-order valence-electron chi connectivity index (χ4n) is 2.56. The van der Waals surface area contributed by atoms with Crippen LogP contribution in [-0.2, 0) is 16.1 Å². The number of aromatic nitrogens is 2. The van der Waals surface area contributed by atoms with E-state index < -0.39 is 24.3 Å². The Bertz CT molecular complexity index is 1060. The van der Waals surface area contributed by atoms with Crippen molar-refractivity contribution in [2.45, 2.75) is 6.61 Å². The molecule has 1 aromatic carbocycles. The first-order chi connectivity index (χ1) is 13.4. The summed E-state index contributed by atoms with van der Waals surface area (Å²) in [5, 5.41) is 5.87. The van der Waals surface area contributed by atoms with Crippen molar-refractivity contribution in [3.05, 3.63) is 56.6 Å². The van der Waals surface area contributed by atoms with E-state index in [4.69, 9.17) is 32.5 Å². The lowest BCUT2D eigenvalue weighted by Crippen LogP contribution is -2.35. The van der Waals surface area contributed by atoms with E-state index >= 15 is 0 Å². The number of thiophene rings is 1. The standard InChI is InChI=1S/C17H9Cl2N3O5S/c18-10-4-8-9(5-11(10)19)17(25)22(16(8)24)6-14(23)26-7-13-20-15(27-21-13)12-2-1-3-28-12/h1-5H,6-7H2. The Hall–Kier alpha value is -2.75. The molecule has 1 aliphatic rings. The Balaban J connectivity index is 1.39. The van der Waals surface area contributed by atoms with Crippen LogP contribution in [0, 0.1) is 0 Å². The number of benzene rings is 1. The van der Waals surface area contributed by atoms with Gasteiger partial charge in [-0.05, 0) is 23.6 Å². The van der Waals surface area contributed by atoms with Gasteiger partial charge in [0.25, 0.3) is 17.7 Å². The number of imide groups is 1. The van der Waals surface area contributed by atoms with Crippen LogP contribution in [0.15, 0.2) is 34.2 Å². The molecule has 3 heterocycles. The van der Waals surface area contributed by atoms with Gasteiger partial charge in [0.05, 0.1) is 26.0 Å². The Labute approximate surface area is 171 Å². The lowest BCUT2D eigenvalue weighted by molar-refractivity contribution is -0.145. The molecule has 3 aromatic rings. The van der Waals surface area contributed by atoms with Crippen LogP contribution in [0.2, 0.25) is 10.0 Å². The molecular weight excluding hydrogens is 429 g/mol. The maximum absolute atomic E-state index is 12.4. The second-order valence-corrected chi connectivity index (χ2v) is 7.42. The van der Waals surface area contributed by atoms with Gasteiger partial charge in [0.2, 0.25) is 5.82 Å². The normalized spacial score (nSPS) is 13.1. The van der Waals surface area contributed by atoms with Crippen molar-refractivity contribution in [1.82, 2.24) is 15.0 Å². The highest BCUT2D eigenvalue weighted by atomic mass is 35.5.